The number of benzene rings is 1. The number of piperidine rings is 1. The van der Waals surface area contributed by atoms with Gasteiger partial charge in [-0.25, -0.2) is 4.98 Å². The molecule has 6 heteroatoms. The summed E-state index contributed by atoms with van der Waals surface area (Å²) in [7, 11) is 0. The normalized spacial score (nSPS) is 21.5. The Morgan fingerprint density at radius 1 is 1.15 bits per heavy atom. The van der Waals surface area contributed by atoms with Crippen LogP contribution in [0.3, 0.4) is 0 Å². The van der Waals surface area contributed by atoms with Gasteiger partial charge < -0.3 is 14.5 Å². The van der Waals surface area contributed by atoms with E-state index >= 15 is 0 Å². The van der Waals surface area contributed by atoms with Gasteiger partial charge >= 0.3 is 0 Å². The van der Waals surface area contributed by atoms with E-state index in [2.05, 4.69) is 33.8 Å². The first-order chi connectivity index (χ1) is 13.3. The van der Waals surface area contributed by atoms with E-state index in [0.29, 0.717) is 6.79 Å². The van der Waals surface area contributed by atoms with Crippen molar-refractivity contribution >= 4 is 0 Å². The lowest BCUT2D eigenvalue weighted by Gasteiger charge is -2.50. The highest BCUT2D eigenvalue weighted by Gasteiger charge is 2.46. The van der Waals surface area contributed by atoms with E-state index < -0.39 is 0 Å². The van der Waals surface area contributed by atoms with Gasteiger partial charge in [0.05, 0.1) is 17.6 Å². The maximum absolute atomic E-state index is 5.53. The average Bonchev–Trinajstić information content (AvgIpc) is 3.35. The standard InChI is InChI=1S/C21H28N4O2/c1-2-8-25-9-5-17-20(23-14-22-17)21(25)6-10-24(11-7-21)13-16-3-4-18-19(12-16)27-15-26-18/h3-4,12,14H,2,5-11,13,15H2,1H3,(H,22,23). The number of likely N-dealkylation sites (tertiary alicyclic amines) is 1. The number of H-pyrrole nitrogens is 1. The molecule has 0 bridgehead atoms. The average molecular weight is 368 g/mol. The highest BCUT2D eigenvalue weighted by Crippen LogP contribution is 2.42. The topological polar surface area (TPSA) is 53.6 Å². The number of hydrogen-bond donors (Lipinski definition) is 1. The molecule has 0 radical (unpaired) electrons. The molecule has 1 spiro atoms. The van der Waals surface area contributed by atoms with Crippen LogP contribution in [0.2, 0.25) is 0 Å². The van der Waals surface area contributed by atoms with Crippen molar-refractivity contribution in [3.8, 4) is 11.5 Å². The van der Waals surface area contributed by atoms with Crippen LogP contribution in [0.15, 0.2) is 24.5 Å². The number of aromatic nitrogens is 2. The molecule has 2 aromatic rings. The van der Waals surface area contributed by atoms with E-state index in [1.165, 1.54) is 23.4 Å². The highest BCUT2D eigenvalue weighted by molar-refractivity contribution is 5.44. The van der Waals surface area contributed by atoms with Gasteiger partial charge in [-0.05, 0) is 43.5 Å². The molecule has 3 aliphatic heterocycles. The van der Waals surface area contributed by atoms with E-state index in [0.717, 1.165) is 63.5 Å². The van der Waals surface area contributed by atoms with Crippen molar-refractivity contribution in [1.29, 1.82) is 0 Å². The Kier molecular flexibility index (Phi) is 4.32. The maximum atomic E-state index is 5.53. The quantitative estimate of drug-likeness (QED) is 0.899. The molecule has 1 fully saturated rings. The zero-order valence-corrected chi connectivity index (χ0v) is 16.0. The predicted octanol–water partition coefficient (Wildman–Crippen LogP) is 2.90. The lowest BCUT2D eigenvalue weighted by Crippen LogP contribution is -2.56. The highest BCUT2D eigenvalue weighted by atomic mass is 16.7. The molecule has 0 saturated carbocycles. The lowest BCUT2D eigenvalue weighted by molar-refractivity contribution is 0.00351. The van der Waals surface area contributed by atoms with Gasteiger partial charge in [0, 0.05) is 38.3 Å². The van der Waals surface area contributed by atoms with Crippen LogP contribution in [0.1, 0.15) is 43.1 Å². The van der Waals surface area contributed by atoms with Crippen LogP contribution < -0.4 is 9.47 Å². The monoisotopic (exact) mass is 368 g/mol. The summed E-state index contributed by atoms with van der Waals surface area (Å²) in [6.07, 6.45) is 6.48. The third-order valence-electron chi connectivity index (χ3n) is 6.42. The first-order valence-electron chi connectivity index (χ1n) is 10.2. The van der Waals surface area contributed by atoms with Crippen LogP contribution >= 0.6 is 0 Å². The molecule has 0 amide bonds. The number of fused-ring (bicyclic) bond motifs is 3. The van der Waals surface area contributed by atoms with E-state index in [4.69, 9.17) is 14.5 Å². The van der Waals surface area contributed by atoms with Crippen LogP contribution in [-0.2, 0) is 18.5 Å². The third-order valence-corrected chi connectivity index (χ3v) is 6.42. The molecule has 1 aromatic heterocycles. The minimum atomic E-state index is 0.120. The number of aromatic amines is 1. The van der Waals surface area contributed by atoms with Gasteiger partial charge in [-0.1, -0.05) is 13.0 Å². The van der Waals surface area contributed by atoms with Gasteiger partial charge in [-0.3, -0.25) is 9.80 Å². The number of ether oxygens (including phenoxy) is 2. The van der Waals surface area contributed by atoms with Crippen LogP contribution in [-0.4, -0.2) is 52.7 Å². The summed E-state index contributed by atoms with van der Waals surface area (Å²) in [5.74, 6) is 1.74. The molecular weight excluding hydrogens is 340 g/mol. The van der Waals surface area contributed by atoms with Crippen molar-refractivity contribution < 1.29 is 9.47 Å². The smallest absolute Gasteiger partial charge is 0.231 e. The van der Waals surface area contributed by atoms with E-state index in [1.54, 1.807) is 0 Å². The zero-order chi connectivity index (χ0) is 18.3. The Morgan fingerprint density at radius 2 is 2.00 bits per heavy atom. The Balaban J connectivity index is 1.31. The first-order valence-corrected chi connectivity index (χ1v) is 10.2. The molecule has 4 heterocycles. The summed E-state index contributed by atoms with van der Waals surface area (Å²) in [5.41, 5.74) is 4.08. The van der Waals surface area contributed by atoms with Crippen molar-refractivity contribution in [2.24, 2.45) is 0 Å². The molecule has 3 aliphatic rings. The van der Waals surface area contributed by atoms with E-state index in [1.807, 2.05) is 12.4 Å². The van der Waals surface area contributed by atoms with E-state index in [9.17, 15) is 0 Å². The summed E-state index contributed by atoms with van der Waals surface area (Å²) < 4.78 is 11.0. The summed E-state index contributed by atoms with van der Waals surface area (Å²) in [5, 5.41) is 0. The third kappa shape index (κ3) is 2.91. The molecule has 5 rings (SSSR count). The van der Waals surface area contributed by atoms with Crippen molar-refractivity contribution in [2.75, 3.05) is 33.0 Å². The fourth-order valence-corrected chi connectivity index (χ4v) is 5.05. The summed E-state index contributed by atoms with van der Waals surface area (Å²) in [6, 6.07) is 6.32. The van der Waals surface area contributed by atoms with Gasteiger partial charge in [0.1, 0.15) is 0 Å². The second kappa shape index (κ2) is 6.84. The Bertz CT molecular complexity index is 810. The zero-order valence-electron chi connectivity index (χ0n) is 16.0. The summed E-state index contributed by atoms with van der Waals surface area (Å²) >= 11 is 0. The number of nitrogens with one attached hydrogen (secondary N) is 1. The fraction of sp³-hybridized carbons (Fsp3) is 0.571. The van der Waals surface area contributed by atoms with Crippen LogP contribution in [0, 0.1) is 0 Å². The molecule has 27 heavy (non-hydrogen) atoms. The molecule has 0 atom stereocenters. The first kappa shape index (κ1) is 17.1. The Hall–Kier alpha value is -2.05. The van der Waals surface area contributed by atoms with Crippen molar-refractivity contribution in [3.63, 3.8) is 0 Å². The molecule has 144 valence electrons. The number of nitrogens with zero attached hydrogens (tertiary/aromatic N) is 3. The number of imidazole rings is 1. The van der Waals surface area contributed by atoms with E-state index in [-0.39, 0.29) is 5.54 Å². The van der Waals surface area contributed by atoms with Crippen molar-refractivity contribution in [3.05, 3.63) is 41.5 Å². The lowest BCUT2D eigenvalue weighted by atomic mass is 9.78. The molecule has 6 nitrogen and oxygen atoms in total. The van der Waals surface area contributed by atoms with Gasteiger partial charge in [-0.2, -0.15) is 0 Å². The minimum Gasteiger partial charge on any atom is -0.454 e. The molecule has 1 saturated heterocycles. The molecule has 0 aliphatic carbocycles. The van der Waals surface area contributed by atoms with Crippen LogP contribution in [0.25, 0.3) is 0 Å². The van der Waals surface area contributed by atoms with Gasteiger partial charge in [0.25, 0.3) is 0 Å². The van der Waals surface area contributed by atoms with Crippen molar-refractivity contribution in [2.45, 2.75) is 44.7 Å². The Morgan fingerprint density at radius 3 is 2.85 bits per heavy atom. The summed E-state index contributed by atoms with van der Waals surface area (Å²) in [6.45, 7) is 8.09. The maximum Gasteiger partial charge on any atom is 0.231 e. The fourth-order valence-electron chi connectivity index (χ4n) is 5.05. The number of hydrogen-bond acceptors (Lipinski definition) is 5. The van der Waals surface area contributed by atoms with Gasteiger partial charge in [-0.15, -0.1) is 0 Å². The van der Waals surface area contributed by atoms with Gasteiger partial charge in [0.2, 0.25) is 6.79 Å². The number of rotatable bonds is 4. The molecule has 1 N–H and O–H groups in total. The van der Waals surface area contributed by atoms with Crippen molar-refractivity contribution in [1.82, 2.24) is 19.8 Å². The second-order valence-electron chi connectivity index (χ2n) is 7.96. The Labute approximate surface area is 160 Å². The molecular formula is C21H28N4O2. The second-order valence-corrected chi connectivity index (χ2v) is 7.96. The largest absolute Gasteiger partial charge is 0.454 e. The summed E-state index contributed by atoms with van der Waals surface area (Å²) in [4.78, 5) is 13.4. The predicted molar refractivity (Wildman–Crippen MR) is 103 cm³/mol. The molecule has 0 unspecified atom stereocenters. The minimum absolute atomic E-state index is 0.120. The SMILES string of the molecule is CCCN1CCc2[nH]cnc2C12CCN(Cc1ccc3c(c1)OCO3)CC2. The van der Waals surface area contributed by atoms with Crippen LogP contribution in [0.5, 0.6) is 11.5 Å². The van der Waals surface area contributed by atoms with Crippen LogP contribution in [0.4, 0.5) is 0 Å². The van der Waals surface area contributed by atoms with Gasteiger partial charge in [0.15, 0.2) is 11.5 Å². The molecule has 1 aromatic carbocycles.